The lowest BCUT2D eigenvalue weighted by Gasteiger charge is -2.48. The SMILES string of the molecule is CN=C(NCCn1ccnc1)NCC1(N2CCOCC2)CCCCC1. The molecule has 0 atom stereocenters. The minimum absolute atomic E-state index is 0.254. The Morgan fingerprint density at radius 2 is 2.00 bits per heavy atom. The summed E-state index contributed by atoms with van der Waals surface area (Å²) in [5.74, 6) is 0.887. The van der Waals surface area contributed by atoms with Crippen LogP contribution < -0.4 is 10.6 Å². The van der Waals surface area contributed by atoms with Crippen LogP contribution in [0.1, 0.15) is 32.1 Å². The predicted octanol–water partition coefficient (Wildman–Crippen LogP) is 1.08. The molecule has 3 rings (SSSR count). The third kappa shape index (κ3) is 4.95. The van der Waals surface area contributed by atoms with E-state index >= 15 is 0 Å². The van der Waals surface area contributed by atoms with Crippen LogP contribution in [0.25, 0.3) is 0 Å². The van der Waals surface area contributed by atoms with Crippen LogP contribution in [0.2, 0.25) is 0 Å². The Balaban J connectivity index is 1.51. The highest BCUT2D eigenvalue weighted by Crippen LogP contribution is 2.33. The van der Waals surface area contributed by atoms with Crippen LogP contribution in [0, 0.1) is 0 Å². The Labute approximate surface area is 150 Å². The quantitative estimate of drug-likeness (QED) is 0.595. The maximum Gasteiger partial charge on any atom is 0.191 e. The molecule has 2 heterocycles. The number of morpholine rings is 1. The second-order valence-corrected chi connectivity index (χ2v) is 7.04. The molecule has 1 aliphatic heterocycles. The number of hydrogen-bond acceptors (Lipinski definition) is 4. The van der Waals surface area contributed by atoms with Crippen LogP contribution in [0.5, 0.6) is 0 Å². The molecule has 7 nitrogen and oxygen atoms in total. The minimum Gasteiger partial charge on any atom is -0.379 e. The van der Waals surface area contributed by atoms with Crippen molar-refractivity contribution in [2.45, 2.75) is 44.2 Å². The molecule has 2 N–H and O–H groups in total. The summed E-state index contributed by atoms with van der Waals surface area (Å²) in [6, 6.07) is 0. The molecule has 1 saturated heterocycles. The smallest absolute Gasteiger partial charge is 0.191 e. The lowest BCUT2D eigenvalue weighted by molar-refractivity contribution is -0.0352. The van der Waals surface area contributed by atoms with Gasteiger partial charge in [0.1, 0.15) is 0 Å². The van der Waals surface area contributed by atoms with Crippen LogP contribution in [0.15, 0.2) is 23.7 Å². The molecule has 1 saturated carbocycles. The molecule has 1 aromatic rings. The van der Waals surface area contributed by atoms with Gasteiger partial charge in [-0.15, -0.1) is 0 Å². The molecule has 0 amide bonds. The molecular weight excluding hydrogens is 316 g/mol. The second-order valence-electron chi connectivity index (χ2n) is 7.04. The van der Waals surface area contributed by atoms with E-state index in [2.05, 4.69) is 30.1 Å². The molecule has 0 radical (unpaired) electrons. The van der Waals surface area contributed by atoms with Crippen molar-refractivity contribution in [2.24, 2.45) is 4.99 Å². The summed E-state index contributed by atoms with van der Waals surface area (Å²) in [4.78, 5) is 11.1. The fraction of sp³-hybridized carbons (Fsp3) is 0.778. The van der Waals surface area contributed by atoms with E-state index in [1.807, 2.05) is 25.8 Å². The maximum atomic E-state index is 5.57. The summed E-state index contributed by atoms with van der Waals surface area (Å²) in [5, 5.41) is 7.00. The topological polar surface area (TPSA) is 66.7 Å². The highest BCUT2D eigenvalue weighted by molar-refractivity contribution is 5.79. The van der Waals surface area contributed by atoms with Crippen molar-refractivity contribution in [3.8, 4) is 0 Å². The van der Waals surface area contributed by atoms with Gasteiger partial charge in [0, 0.05) is 57.7 Å². The number of aromatic nitrogens is 2. The van der Waals surface area contributed by atoms with E-state index in [0.717, 1.165) is 51.9 Å². The standard InChI is InChI=1S/C18H32N6O/c1-19-17(21-8-10-23-9-7-20-16-23)22-15-18(5-3-2-4-6-18)24-11-13-25-14-12-24/h7,9,16H,2-6,8,10-15H2,1H3,(H2,19,21,22). The van der Waals surface area contributed by atoms with Gasteiger partial charge in [0.15, 0.2) is 5.96 Å². The van der Waals surface area contributed by atoms with Gasteiger partial charge in [-0.25, -0.2) is 4.98 Å². The number of imidazole rings is 1. The molecule has 2 fully saturated rings. The van der Waals surface area contributed by atoms with Crippen molar-refractivity contribution in [1.82, 2.24) is 25.1 Å². The number of rotatable bonds is 6. The first-order chi connectivity index (χ1) is 12.3. The van der Waals surface area contributed by atoms with Crippen LogP contribution in [-0.4, -0.2) is 72.4 Å². The summed E-state index contributed by atoms with van der Waals surface area (Å²) < 4.78 is 7.63. The predicted molar refractivity (Wildman–Crippen MR) is 99.8 cm³/mol. The average Bonchev–Trinajstić information content (AvgIpc) is 3.19. The fourth-order valence-electron chi connectivity index (χ4n) is 4.04. The van der Waals surface area contributed by atoms with E-state index in [1.165, 1.54) is 32.1 Å². The normalized spacial score (nSPS) is 21.9. The Morgan fingerprint density at radius 3 is 2.68 bits per heavy atom. The molecule has 1 aliphatic carbocycles. The van der Waals surface area contributed by atoms with Gasteiger partial charge >= 0.3 is 0 Å². The van der Waals surface area contributed by atoms with Crippen molar-refractivity contribution in [1.29, 1.82) is 0 Å². The molecule has 0 unspecified atom stereocenters. The number of guanidine groups is 1. The zero-order chi connectivity index (χ0) is 17.4. The maximum absolute atomic E-state index is 5.57. The molecule has 0 bridgehead atoms. The first kappa shape index (κ1) is 18.2. The van der Waals surface area contributed by atoms with Gasteiger partial charge in [-0.2, -0.15) is 0 Å². The van der Waals surface area contributed by atoms with E-state index in [1.54, 1.807) is 0 Å². The first-order valence-electron chi connectivity index (χ1n) is 9.55. The lowest BCUT2D eigenvalue weighted by atomic mass is 9.80. The third-order valence-electron chi connectivity index (χ3n) is 5.50. The van der Waals surface area contributed by atoms with Crippen molar-refractivity contribution < 1.29 is 4.74 Å². The molecule has 2 aliphatic rings. The average molecular weight is 348 g/mol. The van der Waals surface area contributed by atoms with E-state index in [-0.39, 0.29) is 5.54 Å². The molecule has 25 heavy (non-hydrogen) atoms. The number of aliphatic imine (C=N–C) groups is 1. The molecule has 0 aromatic carbocycles. The molecule has 7 heteroatoms. The van der Waals surface area contributed by atoms with Gasteiger partial charge in [0.2, 0.25) is 0 Å². The van der Waals surface area contributed by atoms with Crippen molar-refractivity contribution >= 4 is 5.96 Å². The number of hydrogen-bond donors (Lipinski definition) is 2. The van der Waals surface area contributed by atoms with Crippen molar-refractivity contribution in [3.05, 3.63) is 18.7 Å². The fourth-order valence-corrected chi connectivity index (χ4v) is 4.04. The molecule has 0 spiro atoms. The van der Waals surface area contributed by atoms with Gasteiger partial charge in [-0.3, -0.25) is 9.89 Å². The summed E-state index contributed by atoms with van der Waals surface area (Å²) in [7, 11) is 1.84. The molecular formula is C18H32N6O. The third-order valence-corrected chi connectivity index (χ3v) is 5.50. The first-order valence-corrected chi connectivity index (χ1v) is 9.55. The van der Waals surface area contributed by atoms with E-state index in [4.69, 9.17) is 4.74 Å². The Morgan fingerprint density at radius 1 is 1.20 bits per heavy atom. The summed E-state index contributed by atoms with van der Waals surface area (Å²) in [6.07, 6.45) is 12.2. The van der Waals surface area contributed by atoms with Crippen LogP contribution in [-0.2, 0) is 11.3 Å². The summed E-state index contributed by atoms with van der Waals surface area (Å²) in [6.45, 7) is 6.50. The van der Waals surface area contributed by atoms with E-state index in [0.29, 0.717) is 0 Å². The number of nitrogens with zero attached hydrogens (tertiary/aromatic N) is 4. The van der Waals surface area contributed by atoms with E-state index in [9.17, 15) is 0 Å². The summed E-state index contributed by atoms with van der Waals surface area (Å²) >= 11 is 0. The van der Waals surface area contributed by atoms with Crippen molar-refractivity contribution in [3.63, 3.8) is 0 Å². The summed E-state index contributed by atoms with van der Waals surface area (Å²) in [5.41, 5.74) is 0.254. The van der Waals surface area contributed by atoms with Gasteiger partial charge in [0.25, 0.3) is 0 Å². The highest BCUT2D eigenvalue weighted by atomic mass is 16.5. The minimum atomic E-state index is 0.254. The largest absolute Gasteiger partial charge is 0.379 e. The second kappa shape index (κ2) is 9.20. The Bertz CT molecular complexity index is 518. The monoisotopic (exact) mass is 348 g/mol. The Hall–Kier alpha value is -1.60. The van der Waals surface area contributed by atoms with Crippen LogP contribution in [0.4, 0.5) is 0 Å². The van der Waals surface area contributed by atoms with Gasteiger partial charge in [-0.05, 0) is 12.8 Å². The van der Waals surface area contributed by atoms with Crippen molar-refractivity contribution in [2.75, 3.05) is 46.4 Å². The van der Waals surface area contributed by atoms with Gasteiger partial charge in [-0.1, -0.05) is 19.3 Å². The van der Waals surface area contributed by atoms with Gasteiger partial charge < -0.3 is 19.9 Å². The zero-order valence-corrected chi connectivity index (χ0v) is 15.4. The van der Waals surface area contributed by atoms with E-state index < -0.39 is 0 Å². The lowest BCUT2D eigenvalue weighted by Crippen LogP contribution is -2.60. The zero-order valence-electron chi connectivity index (χ0n) is 15.4. The Kier molecular flexibility index (Phi) is 6.69. The number of nitrogens with one attached hydrogen (secondary N) is 2. The molecule has 1 aromatic heterocycles. The highest BCUT2D eigenvalue weighted by Gasteiger charge is 2.38. The van der Waals surface area contributed by atoms with Gasteiger partial charge in [0.05, 0.1) is 19.5 Å². The number of ether oxygens (including phenoxy) is 1. The molecule has 140 valence electrons. The van der Waals surface area contributed by atoms with Crippen LogP contribution in [0.3, 0.4) is 0 Å². The van der Waals surface area contributed by atoms with Crippen LogP contribution >= 0.6 is 0 Å².